The molecule has 0 amide bonds. The second kappa shape index (κ2) is 4.72. The molecule has 2 fully saturated rings. The van der Waals surface area contributed by atoms with Crippen molar-refractivity contribution in [2.24, 2.45) is 0 Å². The summed E-state index contributed by atoms with van der Waals surface area (Å²) in [6, 6.07) is 1.71. The number of anilines is 1. The molecule has 1 aliphatic carbocycles. The van der Waals surface area contributed by atoms with Gasteiger partial charge in [-0.1, -0.05) is 0 Å². The summed E-state index contributed by atoms with van der Waals surface area (Å²) in [7, 11) is 0. The molecule has 2 atom stereocenters. The molecule has 98 valence electrons. The summed E-state index contributed by atoms with van der Waals surface area (Å²) >= 11 is 0. The van der Waals surface area contributed by atoms with E-state index in [1.807, 2.05) is 0 Å². The van der Waals surface area contributed by atoms with Crippen LogP contribution in [0.25, 0.3) is 0 Å². The number of H-pyrrole nitrogens is 1. The highest BCUT2D eigenvalue weighted by Gasteiger charge is 2.27. The standard InChI is InChI=1S/C13H19N3O2/c1-8(10-3-2-6-18-10)14-11-7-12(17)16-13(15-11)9-4-5-9/h7-10H,2-6H2,1H3,(H2,14,15,16,17). The fourth-order valence-electron chi connectivity index (χ4n) is 2.42. The quantitative estimate of drug-likeness (QED) is 0.851. The molecule has 2 heterocycles. The summed E-state index contributed by atoms with van der Waals surface area (Å²) in [5.74, 6) is 1.95. The minimum atomic E-state index is -0.0751. The summed E-state index contributed by atoms with van der Waals surface area (Å²) in [6.07, 6.45) is 4.69. The Morgan fingerprint density at radius 1 is 1.50 bits per heavy atom. The fourth-order valence-corrected chi connectivity index (χ4v) is 2.42. The maximum atomic E-state index is 11.6. The van der Waals surface area contributed by atoms with Crippen molar-refractivity contribution in [3.05, 3.63) is 22.2 Å². The van der Waals surface area contributed by atoms with Crippen LogP contribution < -0.4 is 10.9 Å². The monoisotopic (exact) mass is 249 g/mol. The van der Waals surface area contributed by atoms with Gasteiger partial charge in [-0.2, -0.15) is 0 Å². The molecule has 18 heavy (non-hydrogen) atoms. The van der Waals surface area contributed by atoms with Crippen LogP contribution in [-0.2, 0) is 4.74 Å². The number of hydrogen-bond donors (Lipinski definition) is 2. The van der Waals surface area contributed by atoms with Gasteiger partial charge in [0, 0.05) is 18.6 Å². The summed E-state index contributed by atoms with van der Waals surface area (Å²) in [5.41, 5.74) is -0.0751. The SMILES string of the molecule is CC(Nc1cc(=O)[nH]c(C2CC2)n1)C1CCCO1. The Kier molecular flexibility index (Phi) is 3.07. The molecule has 5 nitrogen and oxygen atoms in total. The van der Waals surface area contributed by atoms with Gasteiger partial charge in [0.05, 0.1) is 12.1 Å². The number of nitrogens with zero attached hydrogens (tertiary/aromatic N) is 1. The first kappa shape index (κ1) is 11.7. The number of hydrogen-bond acceptors (Lipinski definition) is 4. The topological polar surface area (TPSA) is 67.0 Å². The van der Waals surface area contributed by atoms with Crippen LogP contribution in [0.5, 0.6) is 0 Å². The van der Waals surface area contributed by atoms with Crippen LogP contribution >= 0.6 is 0 Å². The molecule has 1 aromatic heterocycles. The van der Waals surface area contributed by atoms with Crippen molar-refractivity contribution in [3.8, 4) is 0 Å². The number of aromatic amines is 1. The smallest absolute Gasteiger partial charge is 0.252 e. The lowest BCUT2D eigenvalue weighted by Gasteiger charge is -2.20. The van der Waals surface area contributed by atoms with E-state index < -0.39 is 0 Å². The van der Waals surface area contributed by atoms with Crippen molar-refractivity contribution in [1.29, 1.82) is 0 Å². The van der Waals surface area contributed by atoms with E-state index in [4.69, 9.17) is 4.74 Å². The van der Waals surface area contributed by atoms with Gasteiger partial charge in [0.1, 0.15) is 11.6 Å². The molecule has 2 unspecified atom stereocenters. The molecule has 0 aromatic carbocycles. The van der Waals surface area contributed by atoms with Gasteiger partial charge in [0.2, 0.25) is 0 Å². The van der Waals surface area contributed by atoms with E-state index in [-0.39, 0.29) is 17.7 Å². The average Bonchev–Trinajstić information content (AvgIpc) is 3.03. The Morgan fingerprint density at radius 2 is 2.33 bits per heavy atom. The summed E-state index contributed by atoms with van der Waals surface area (Å²) in [6.45, 7) is 2.92. The van der Waals surface area contributed by atoms with Crippen molar-refractivity contribution in [2.45, 2.75) is 50.7 Å². The predicted molar refractivity (Wildman–Crippen MR) is 68.9 cm³/mol. The Morgan fingerprint density at radius 3 is 3.00 bits per heavy atom. The van der Waals surface area contributed by atoms with E-state index in [1.54, 1.807) is 0 Å². The predicted octanol–water partition coefficient (Wildman–Crippen LogP) is 1.63. The molecule has 5 heteroatoms. The van der Waals surface area contributed by atoms with Crippen LogP contribution in [0.3, 0.4) is 0 Å². The van der Waals surface area contributed by atoms with Crippen LogP contribution in [0.4, 0.5) is 5.82 Å². The second-order valence-electron chi connectivity index (χ2n) is 5.27. The van der Waals surface area contributed by atoms with E-state index in [9.17, 15) is 4.79 Å². The number of nitrogens with one attached hydrogen (secondary N) is 2. The van der Waals surface area contributed by atoms with Crippen molar-refractivity contribution in [2.75, 3.05) is 11.9 Å². The van der Waals surface area contributed by atoms with Gasteiger partial charge in [-0.05, 0) is 32.6 Å². The largest absolute Gasteiger partial charge is 0.376 e. The first-order valence-electron chi connectivity index (χ1n) is 6.72. The highest BCUT2D eigenvalue weighted by atomic mass is 16.5. The third kappa shape index (κ3) is 2.56. The molecular formula is C13H19N3O2. The first-order chi connectivity index (χ1) is 8.72. The van der Waals surface area contributed by atoms with Crippen molar-refractivity contribution in [3.63, 3.8) is 0 Å². The van der Waals surface area contributed by atoms with Gasteiger partial charge in [-0.3, -0.25) is 4.79 Å². The third-order valence-electron chi connectivity index (χ3n) is 3.62. The number of rotatable bonds is 4. The minimum absolute atomic E-state index is 0.0751. The third-order valence-corrected chi connectivity index (χ3v) is 3.62. The van der Waals surface area contributed by atoms with Gasteiger partial charge in [-0.15, -0.1) is 0 Å². The van der Waals surface area contributed by atoms with Gasteiger partial charge < -0.3 is 15.0 Å². The zero-order valence-corrected chi connectivity index (χ0v) is 10.6. The lowest BCUT2D eigenvalue weighted by atomic mass is 10.1. The number of aromatic nitrogens is 2. The van der Waals surface area contributed by atoms with E-state index in [2.05, 4.69) is 22.2 Å². The molecule has 2 N–H and O–H groups in total. The maximum absolute atomic E-state index is 11.6. The van der Waals surface area contributed by atoms with E-state index >= 15 is 0 Å². The zero-order chi connectivity index (χ0) is 12.5. The second-order valence-corrected chi connectivity index (χ2v) is 5.27. The minimum Gasteiger partial charge on any atom is -0.376 e. The Balaban J connectivity index is 1.72. The molecule has 3 rings (SSSR count). The fraction of sp³-hybridized carbons (Fsp3) is 0.692. The van der Waals surface area contributed by atoms with E-state index in [0.717, 1.165) is 38.1 Å². The molecule has 1 aromatic rings. The van der Waals surface area contributed by atoms with Crippen molar-refractivity contribution < 1.29 is 4.74 Å². The van der Waals surface area contributed by atoms with Crippen LogP contribution in [0, 0.1) is 0 Å². The molecule has 0 radical (unpaired) electrons. The number of ether oxygens (including phenoxy) is 1. The van der Waals surface area contributed by atoms with Crippen LogP contribution in [0.2, 0.25) is 0 Å². The average molecular weight is 249 g/mol. The first-order valence-corrected chi connectivity index (χ1v) is 6.72. The molecule has 0 spiro atoms. The molecule has 1 aliphatic heterocycles. The molecule has 0 bridgehead atoms. The molecular weight excluding hydrogens is 230 g/mol. The van der Waals surface area contributed by atoms with Gasteiger partial charge >= 0.3 is 0 Å². The summed E-state index contributed by atoms with van der Waals surface area (Å²) in [4.78, 5) is 18.9. The van der Waals surface area contributed by atoms with Gasteiger partial charge in [0.25, 0.3) is 5.56 Å². The van der Waals surface area contributed by atoms with Crippen molar-refractivity contribution in [1.82, 2.24) is 9.97 Å². The van der Waals surface area contributed by atoms with Crippen LogP contribution in [-0.4, -0.2) is 28.7 Å². The van der Waals surface area contributed by atoms with Gasteiger partial charge in [0.15, 0.2) is 0 Å². The Labute approximate surface area is 106 Å². The van der Waals surface area contributed by atoms with Crippen LogP contribution in [0.1, 0.15) is 44.3 Å². The highest BCUT2D eigenvalue weighted by Crippen LogP contribution is 2.37. The normalized spacial score (nSPS) is 25.1. The Bertz CT molecular complexity index is 475. The van der Waals surface area contributed by atoms with E-state index in [1.165, 1.54) is 6.07 Å². The Hall–Kier alpha value is -1.36. The lowest BCUT2D eigenvalue weighted by Crippen LogP contribution is -2.31. The summed E-state index contributed by atoms with van der Waals surface area (Å²) in [5, 5.41) is 3.29. The van der Waals surface area contributed by atoms with Crippen LogP contribution in [0.15, 0.2) is 10.9 Å². The molecule has 1 saturated carbocycles. The summed E-state index contributed by atoms with van der Waals surface area (Å²) < 4.78 is 5.63. The highest BCUT2D eigenvalue weighted by molar-refractivity contribution is 5.35. The lowest BCUT2D eigenvalue weighted by molar-refractivity contribution is 0.0995. The van der Waals surface area contributed by atoms with Crippen molar-refractivity contribution >= 4 is 5.82 Å². The van der Waals surface area contributed by atoms with Gasteiger partial charge in [-0.25, -0.2) is 4.98 Å². The maximum Gasteiger partial charge on any atom is 0.252 e. The molecule has 1 saturated heterocycles. The zero-order valence-electron chi connectivity index (χ0n) is 10.6. The molecule has 2 aliphatic rings. The van der Waals surface area contributed by atoms with E-state index in [0.29, 0.717) is 11.7 Å².